The van der Waals surface area contributed by atoms with Crippen LogP contribution in [0.3, 0.4) is 0 Å². The lowest BCUT2D eigenvalue weighted by Crippen LogP contribution is -2.35. The molecule has 2 aromatic rings. The average molecular weight is 391 g/mol. The first-order valence-electron chi connectivity index (χ1n) is 8.84. The van der Waals surface area contributed by atoms with E-state index in [0.717, 1.165) is 10.1 Å². The molecule has 0 spiro atoms. The van der Waals surface area contributed by atoms with Crippen LogP contribution in [-0.2, 0) is 21.4 Å². The minimum Gasteiger partial charge on any atom is -0.348 e. The largest absolute Gasteiger partial charge is 0.348 e. The first-order chi connectivity index (χ1) is 12.8. The molecule has 8 heteroatoms. The van der Waals surface area contributed by atoms with E-state index in [1.54, 1.807) is 13.8 Å². The maximum Gasteiger partial charge on any atom is 0.251 e. The monoisotopic (exact) mass is 391 g/mol. The molecule has 2 rings (SSSR count). The molecule has 7 nitrogen and oxygen atoms in total. The molecular formula is C19H25N3O4S. The maximum atomic E-state index is 12.6. The second-order valence-corrected chi connectivity index (χ2v) is 8.06. The smallest absolute Gasteiger partial charge is 0.251 e. The van der Waals surface area contributed by atoms with E-state index in [1.165, 1.54) is 22.6 Å². The standard InChI is InChI=1S/C19H25N3O4S/c1-4-22(5-2)27(25,26)17-11-12-19(24)21(13-17)14-18(23)20-15(3)16-9-7-6-8-10-16/h6-13,15H,4-5,14H2,1-3H3,(H,20,23)/t15-/m1/s1. The molecule has 1 heterocycles. The molecule has 0 aliphatic rings. The predicted molar refractivity (Wildman–Crippen MR) is 104 cm³/mol. The molecule has 1 N–H and O–H groups in total. The maximum absolute atomic E-state index is 12.6. The molecule has 0 saturated heterocycles. The molecule has 1 amide bonds. The van der Waals surface area contributed by atoms with E-state index in [1.807, 2.05) is 37.3 Å². The van der Waals surface area contributed by atoms with Gasteiger partial charge >= 0.3 is 0 Å². The summed E-state index contributed by atoms with van der Waals surface area (Å²) in [5.74, 6) is -0.370. The van der Waals surface area contributed by atoms with Crippen molar-refractivity contribution in [2.24, 2.45) is 0 Å². The van der Waals surface area contributed by atoms with Gasteiger partial charge in [-0.25, -0.2) is 8.42 Å². The molecule has 1 atom stereocenters. The third-order valence-electron chi connectivity index (χ3n) is 4.29. The Morgan fingerprint density at radius 1 is 1.11 bits per heavy atom. The summed E-state index contributed by atoms with van der Waals surface area (Å²) in [7, 11) is -3.70. The molecule has 0 aliphatic carbocycles. The van der Waals surface area contributed by atoms with E-state index in [4.69, 9.17) is 0 Å². The fraction of sp³-hybridized carbons (Fsp3) is 0.368. The number of hydrogen-bond acceptors (Lipinski definition) is 4. The number of hydrogen-bond donors (Lipinski definition) is 1. The van der Waals surface area contributed by atoms with Gasteiger partial charge < -0.3 is 9.88 Å². The summed E-state index contributed by atoms with van der Waals surface area (Å²) < 4.78 is 27.6. The fourth-order valence-corrected chi connectivity index (χ4v) is 4.24. The van der Waals surface area contributed by atoms with Crippen molar-refractivity contribution in [1.29, 1.82) is 0 Å². The minimum absolute atomic E-state index is 0.00490. The predicted octanol–water partition coefficient (Wildman–Crippen LogP) is 1.76. The summed E-state index contributed by atoms with van der Waals surface area (Å²) in [6.45, 7) is 5.74. The molecule has 1 aromatic heterocycles. The van der Waals surface area contributed by atoms with Crippen LogP contribution in [0.2, 0.25) is 0 Å². The van der Waals surface area contributed by atoms with Gasteiger partial charge in [-0.2, -0.15) is 4.31 Å². The Labute approximate surface area is 159 Å². The molecule has 146 valence electrons. The molecule has 1 aromatic carbocycles. The molecule has 27 heavy (non-hydrogen) atoms. The van der Waals surface area contributed by atoms with Gasteiger partial charge in [-0.05, 0) is 18.6 Å². The van der Waals surface area contributed by atoms with Gasteiger partial charge in [0.25, 0.3) is 5.56 Å². The average Bonchev–Trinajstić information content (AvgIpc) is 2.64. The van der Waals surface area contributed by atoms with Crippen molar-refractivity contribution in [3.8, 4) is 0 Å². The summed E-state index contributed by atoms with van der Waals surface area (Å²) >= 11 is 0. The molecule has 0 saturated carbocycles. The summed E-state index contributed by atoms with van der Waals surface area (Å²) in [6, 6.07) is 11.7. The quantitative estimate of drug-likeness (QED) is 0.743. The van der Waals surface area contributed by atoms with Crippen molar-refractivity contribution in [2.75, 3.05) is 13.1 Å². The summed E-state index contributed by atoms with van der Waals surface area (Å²) in [4.78, 5) is 24.4. The van der Waals surface area contributed by atoms with E-state index in [0.29, 0.717) is 13.1 Å². The van der Waals surface area contributed by atoms with E-state index in [2.05, 4.69) is 5.32 Å². The zero-order valence-corrected chi connectivity index (χ0v) is 16.6. The number of amides is 1. The van der Waals surface area contributed by atoms with Gasteiger partial charge in [-0.15, -0.1) is 0 Å². The van der Waals surface area contributed by atoms with Crippen molar-refractivity contribution in [2.45, 2.75) is 38.3 Å². The van der Waals surface area contributed by atoms with Crippen LogP contribution in [0.5, 0.6) is 0 Å². The van der Waals surface area contributed by atoms with Gasteiger partial charge in [-0.3, -0.25) is 9.59 Å². The Kier molecular flexibility index (Phi) is 6.92. The number of carbonyl (C=O) groups is 1. The number of sulfonamides is 1. The molecule has 0 radical (unpaired) electrons. The molecule has 0 unspecified atom stereocenters. The van der Waals surface area contributed by atoms with E-state index in [-0.39, 0.29) is 23.4 Å². The Morgan fingerprint density at radius 3 is 2.33 bits per heavy atom. The van der Waals surface area contributed by atoms with E-state index >= 15 is 0 Å². The third-order valence-corrected chi connectivity index (χ3v) is 6.32. The first kappa shape index (κ1) is 20.9. The Balaban J connectivity index is 2.19. The highest BCUT2D eigenvalue weighted by Gasteiger charge is 2.22. The van der Waals surface area contributed by atoms with Crippen molar-refractivity contribution in [3.63, 3.8) is 0 Å². The van der Waals surface area contributed by atoms with Gasteiger partial charge in [0.1, 0.15) is 6.54 Å². The van der Waals surface area contributed by atoms with Crippen molar-refractivity contribution in [1.82, 2.24) is 14.2 Å². The van der Waals surface area contributed by atoms with Crippen molar-refractivity contribution in [3.05, 3.63) is 64.6 Å². The van der Waals surface area contributed by atoms with Gasteiger partial charge in [0, 0.05) is 25.4 Å². The van der Waals surface area contributed by atoms with Crippen LogP contribution in [0.4, 0.5) is 0 Å². The number of nitrogens with one attached hydrogen (secondary N) is 1. The highest BCUT2D eigenvalue weighted by molar-refractivity contribution is 7.89. The number of carbonyl (C=O) groups excluding carboxylic acids is 1. The lowest BCUT2D eigenvalue weighted by molar-refractivity contribution is -0.122. The highest BCUT2D eigenvalue weighted by Crippen LogP contribution is 2.14. The van der Waals surface area contributed by atoms with Gasteiger partial charge in [0.2, 0.25) is 15.9 Å². The molecular weight excluding hydrogens is 366 g/mol. The van der Waals surface area contributed by atoms with Crippen molar-refractivity contribution < 1.29 is 13.2 Å². The molecule has 0 fully saturated rings. The Hall–Kier alpha value is -2.45. The Bertz CT molecular complexity index is 935. The second-order valence-electron chi connectivity index (χ2n) is 6.12. The van der Waals surface area contributed by atoms with Gasteiger partial charge in [0.15, 0.2) is 0 Å². The van der Waals surface area contributed by atoms with Gasteiger partial charge in [0.05, 0.1) is 10.9 Å². The zero-order valence-electron chi connectivity index (χ0n) is 15.8. The van der Waals surface area contributed by atoms with E-state index < -0.39 is 15.6 Å². The summed E-state index contributed by atoms with van der Waals surface area (Å²) in [5, 5.41) is 2.82. The topological polar surface area (TPSA) is 88.5 Å². The van der Waals surface area contributed by atoms with Crippen LogP contribution in [0.25, 0.3) is 0 Å². The van der Waals surface area contributed by atoms with Crippen LogP contribution in [0.15, 0.2) is 58.4 Å². The SMILES string of the molecule is CCN(CC)S(=O)(=O)c1ccc(=O)n(CC(=O)N[C@H](C)c2ccccc2)c1. The number of benzene rings is 1. The number of pyridine rings is 1. The minimum atomic E-state index is -3.70. The lowest BCUT2D eigenvalue weighted by Gasteiger charge is -2.19. The van der Waals surface area contributed by atoms with Gasteiger partial charge in [-0.1, -0.05) is 44.2 Å². The second kappa shape index (κ2) is 8.96. The number of nitrogens with zero attached hydrogens (tertiary/aromatic N) is 2. The van der Waals surface area contributed by atoms with E-state index in [9.17, 15) is 18.0 Å². The molecule has 0 aliphatic heterocycles. The van der Waals surface area contributed by atoms with Crippen molar-refractivity contribution >= 4 is 15.9 Å². The Morgan fingerprint density at radius 2 is 1.74 bits per heavy atom. The van der Waals surface area contributed by atoms with Crippen LogP contribution in [-0.4, -0.2) is 36.3 Å². The third kappa shape index (κ3) is 5.05. The lowest BCUT2D eigenvalue weighted by atomic mass is 10.1. The summed E-state index contributed by atoms with van der Waals surface area (Å²) in [6.07, 6.45) is 1.22. The number of rotatable bonds is 8. The molecule has 0 bridgehead atoms. The highest BCUT2D eigenvalue weighted by atomic mass is 32.2. The zero-order chi connectivity index (χ0) is 20.0. The van der Waals surface area contributed by atoms with Crippen LogP contribution >= 0.6 is 0 Å². The first-order valence-corrected chi connectivity index (χ1v) is 10.3. The van der Waals surface area contributed by atoms with Crippen LogP contribution < -0.4 is 10.9 Å². The van der Waals surface area contributed by atoms with Crippen LogP contribution in [0, 0.1) is 0 Å². The van der Waals surface area contributed by atoms with Crippen LogP contribution in [0.1, 0.15) is 32.4 Å². The summed E-state index contributed by atoms with van der Waals surface area (Å²) in [5.41, 5.74) is 0.507. The number of aromatic nitrogens is 1. The normalized spacial score (nSPS) is 12.7. The fourth-order valence-electron chi connectivity index (χ4n) is 2.77.